The molecule has 0 radical (unpaired) electrons. The van der Waals surface area contributed by atoms with Gasteiger partial charge in [0.15, 0.2) is 10.2 Å². The average Bonchev–Trinajstić information content (AvgIpc) is 3.44. The Kier molecular flexibility index (Phi) is 4.89. The molecule has 0 bridgehead atoms. The highest BCUT2D eigenvalue weighted by Gasteiger charge is 2.24. The average molecular weight is 409 g/mol. The van der Waals surface area contributed by atoms with Gasteiger partial charge in [0.1, 0.15) is 17.9 Å². The number of nitrogens with one attached hydrogen (secondary N) is 1. The van der Waals surface area contributed by atoms with Crippen molar-refractivity contribution in [2.75, 3.05) is 13.1 Å². The van der Waals surface area contributed by atoms with Crippen LogP contribution in [0.3, 0.4) is 0 Å². The van der Waals surface area contributed by atoms with E-state index in [4.69, 9.17) is 9.40 Å². The first kappa shape index (κ1) is 18.4. The summed E-state index contributed by atoms with van der Waals surface area (Å²) in [7, 11) is 1.93. The Bertz CT molecular complexity index is 1120. The number of benzene rings is 1. The Morgan fingerprint density at radius 3 is 2.83 bits per heavy atom. The van der Waals surface area contributed by atoms with Gasteiger partial charge in [-0.25, -0.2) is 4.98 Å². The Morgan fingerprint density at radius 2 is 2.07 bits per heavy atom. The lowest BCUT2D eigenvalue weighted by molar-refractivity contribution is 0.185. The molecule has 4 aromatic rings. The highest BCUT2D eigenvalue weighted by Crippen LogP contribution is 2.31. The molecule has 5 rings (SSSR count). The lowest BCUT2D eigenvalue weighted by atomic mass is 9.96. The predicted molar refractivity (Wildman–Crippen MR) is 112 cm³/mol. The molecule has 0 atom stereocenters. The number of fused-ring (bicyclic) bond motifs is 1. The minimum atomic E-state index is 0.497. The van der Waals surface area contributed by atoms with E-state index in [1.54, 1.807) is 6.33 Å². The number of hydrogen-bond acceptors (Lipinski definition) is 6. The number of aromatic nitrogens is 5. The fraction of sp³-hybridized carbons (Fsp3) is 0.381. The van der Waals surface area contributed by atoms with Crippen LogP contribution in [0.25, 0.3) is 11.0 Å². The lowest BCUT2D eigenvalue weighted by Crippen LogP contribution is -2.32. The summed E-state index contributed by atoms with van der Waals surface area (Å²) in [6.07, 6.45) is 3.92. The number of H-pyrrole nitrogens is 1. The summed E-state index contributed by atoms with van der Waals surface area (Å²) in [6.45, 7) is 5.06. The first-order valence-corrected chi connectivity index (χ1v) is 10.8. The van der Waals surface area contributed by atoms with Gasteiger partial charge in [-0.05, 0) is 68.4 Å². The van der Waals surface area contributed by atoms with Crippen molar-refractivity contribution in [3.8, 4) is 0 Å². The first-order valence-electron chi connectivity index (χ1n) is 9.94. The molecule has 4 heterocycles. The van der Waals surface area contributed by atoms with Crippen LogP contribution in [0.5, 0.6) is 0 Å². The number of aryl methyl sites for hydroxylation is 2. The third-order valence-corrected chi connectivity index (χ3v) is 6.56. The van der Waals surface area contributed by atoms with E-state index in [-0.39, 0.29) is 0 Å². The molecule has 1 aliphatic heterocycles. The van der Waals surface area contributed by atoms with Gasteiger partial charge in [0.2, 0.25) is 0 Å². The van der Waals surface area contributed by atoms with Crippen molar-refractivity contribution in [2.24, 2.45) is 7.05 Å². The first-order chi connectivity index (χ1) is 14.2. The number of para-hydroxylation sites is 1. The number of hydrogen-bond donors (Lipinski definition) is 1. The molecule has 0 spiro atoms. The van der Waals surface area contributed by atoms with Crippen LogP contribution in [-0.2, 0) is 13.6 Å². The summed E-state index contributed by atoms with van der Waals surface area (Å²) in [6, 6.07) is 10.4. The maximum absolute atomic E-state index is 6.00. The number of likely N-dealkylation sites (tertiary alicyclic amines) is 1. The quantitative estimate of drug-likeness (QED) is 0.535. The van der Waals surface area contributed by atoms with Gasteiger partial charge >= 0.3 is 0 Å². The Labute approximate surface area is 173 Å². The Hall–Kier alpha value is -2.58. The number of rotatable bonds is 5. The van der Waals surface area contributed by atoms with E-state index in [0.29, 0.717) is 5.92 Å². The van der Waals surface area contributed by atoms with Crippen molar-refractivity contribution >= 4 is 22.8 Å². The van der Waals surface area contributed by atoms with Gasteiger partial charge < -0.3 is 14.0 Å². The van der Waals surface area contributed by atoms with Crippen LogP contribution in [0.4, 0.5) is 0 Å². The summed E-state index contributed by atoms with van der Waals surface area (Å²) in [4.78, 5) is 10.9. The zero-order valence-corrected chi connectivity index (χ0v) is 17.4. The maximum atomic E-state index is 6.00. The number of imidazole rings is 1. The Balaban J connectivity index is 1.19. The van der Waals surface area contributed by atoms with Gasteiger partial charge in [-0.3, -0.25) is 4.90 Å². The van der Waals surface area contributed by atoms with E-state index < -0.39 is 0 Å². The predicted octanol–water partition coefficient (Wildman–Crippen LogP) is 4.12. The third-order valence-electron chi connectivity index (χ3n) is 5.59. The fourth-order valence-electron chi connectivity index (χ4n) is 3.93. The van der Waals surface area contributed by atoms with Gasteiger partial charge in [-0.15, -0.1) is 10.2 Å². The van der Waals surface area contributed by atoms with Crippen LogP contribution in [0.1, 0.15) is 35.9 Å². The van der Waals surface area contributed by atoms with Crippen LogP contribution in [0.15, 0.2) is 51.3 Å². The molecule has 1 aliphatic rings. The molecule has 3 aromatic heterocycles. The van der Waals surface area contributed by atoms with Gasteiger partial charge in [0, 0.05) is 13.0 Å². The van der Waals surface area contributed by atoms with E-state index in [1.807, 2.05) is 17.7 Å². The zero-order chi connectivity index (χ0) is 19.8. The van der Waals surface area contributed by atoms with E-state index in [2.05, 4.69) is 51.3 Å². The van der Waals surface area contributed by atoms with Crippen molar-refractivity contribution in [3.63, 3.8) is 0 Å². The summed E-state index contributed by atoms with van der Waals surface area (Å²) in [5.41, 5.74) is 3.48. The lowest BCUT2D eigenvalue weighted by Gasteiger charge is -2.30. The number of nitrogens with zero attached hydrogens (tertiary/aromatic N) is 5. The monoisotopic (exact) mass is 408 g/mol. The van der Waals surface area contributed by atoms with Crippen molar-refractivity contribution in [1.82, 2.24) is 29.6 Å². The second-order valence-corrected chi connectivity index (χ2v) is 8.66. The third kappa shape index (κ3) is 3.82. The second-order valence-electron chi connectivity index (χ2n) is 7.69. The Morgan fingerprint density at radius 1 is 1.21 bits per heavy atom. The summed E-state index contributed by atoms with van der Waals surface area (Å²) in [5.74, 6) is 2.62. The molecule has 0 unspecified atom stereocenters. The van der Waals surface area contributed by atoms with Gasteiger partial charge in [-0.2, -0.15) is 0 Å². The molecule has 0 amide bonds. The van der Waals surface area contributed by atoms with Crippen molar-refractivity contribution < 1.29 is 4.42 Å². The molecular formula is C21H24N6OS. The minimum absolute atomic E-state index is 0.497. The van der Waals surface area contributed by atoms with Crippen molar-refractivity contribution in [1.29, 1.82) is 0 Å². The molecule has 1 fully saturated rings. The topological polar surface area (TPSA) is 75.8 Å². The van der Waals surface area contributed by atoms with Crippen LogP contribution < -0.4 is 0 Å². The van der Waals surface area contributed by atoms with Gasteiger partial charge in [0.05, 0.1) is 17.6 Å². The van der Waals surface area contributed by atoms with Gasteiger partial charge in [0.25, 0.3) is 0 Å². The smallest absolute Gasteiger partial charge is 0.198 e. The molecule has 1 saturated heterocycles. The summed E-state index contributed by atoms with van der Waals surface area (Å²) in [5, 5.41) is 9.67. The standard InChI is InChI=1S/C21H24N6OS/c1-14-4-3-5-17-19(14)24-20(23-17)15-8-10-27(11-9-15)12-16-6-7-18(28-16)29-21-25-22-13-26(21)2/h3-7,13,15H,8-12H2,1-2H3,(H,23,24). The van der Waals surface area contributed by atoms with E-state index >= 15 is 0 Å². The molecule has 0 aliphatic carbocycles. The van der Waals surface area contributed by atoms with Crippen molar-refractivity contribution in [3.05, 3.63) is 53.8 Å². The number of piperidine rings is 1. The van der Waals surface area contributed by atoms with E-state index in [1.165, 1.54) is 17.3 Å². The SMILES string of the molecule is Cc1cccc2[nH]c(C3CCN(Cc4ccc(Sc5nncn5C)o4)CC3)nc12. The van der Waals surface area contributed by atoms with Gasteiger partial charge in [-0.1, -0.05) is 12.1 Å². The van der Waals surface area contributed by atoms with E-state index in [0.717, 1.165) is 65.3 Å². The highest BCUT2D eigenvalue weighted by atomic mass is 32.2. The maximum Gasteiger partial charge on any atom is 0.198 e. The normalized spacial score (nSPS) is 16.1. The largest absolute Gasteiger partial charge is 0.453 e. The van der Waals surface area contributed by atoms with Crippen LogP contribution in [0.2, 0.25) is 0 Å². The second kappa shape index (κ2) is 7.68. The molecule has 8 heteroatoms. The van der Waals surface area contributed by atoms with Crippen LogP contribution in [0, 0.1) is 6.92 Å². The highest BCUT2D eigenvalue weighted by molar-refractivity contribution is 7.99. The summed E-state index contributed by atoms with van der Waals surface area (Å²) < 4.78 is 7.89. The number of furan rings is 1. The molecular weight excluding hydrogens is 384 g/mol. The molecule has 7 nitrogen and oxygen atoms in total. The summed E-state index contributed by atoms with van der Waals surface area (Å²) >= 11 is 1.50. The minimum Gasteiger partial charge on any atom is -0.453 e. The van der Waals surface area contributed by atoms with Crippen LogP contribution in [-0.4, -0.2) is 42.7 Å². The molecule has 150 valence electrons. The molecule has 1 aromatic carbocycles. The molecule has 29 heavy (non-hydrogen) atoms. The van der Waals surface area contributed by atoms with Crippen LogP contribution >= 0.6 is 11.8 Å². The molecule has 1 N–H and O–H groups in total. The van der Waals surface area contributed by atoms with E-state index in [9.17, 15) is 0 Å². The number of aromatic amines is 1. The zero-order valence-electron chi connectivity index (χ0n) is 16.6. The fourth-order valence-corrected chi connectivity index (χ4v) is 4.67. The van der Waals surface area contributed by atoms with Crippen molar-refractivity contribution in [2.45, 2.75) is 42.5 Å². The molecule has 0 saturated carbocycles.